The van der Waals surface area contributed by atoms with Crippen molar-refractivity contribution in [2.45, 2.75) is 38.3 Å². The van der Waals surface area contributed by atoms with Crippen molar-refractivity contribution >= 4 is 11.8 Å². The van der Waals surface area contributed by atoms with E-state index >= 15 is 0 Å². The van der Waals surface area contributed by atoms with E-state index in [2.05, 4.69) is 62.7 Å². The predicted octanol–water partition coefficient (Wildman–Crippen LogP) is 5.01. The lowest BCUT2D eigenvalue weighted by Crippen LogP contribution is -2.21. The van der Waals surface area contributed by atoms with Gasteiger partial charge in [-0.05, 0) is 54.6 Å². The minimum absolute atomic E-state index is 0.481. The number of benzene rings is 2. The molecule has 0 unspecified atom stereocenters. The van der Waals surface area contributed by atoms with Crippen LogP contribution in [-0.2, 0) is 6.54 Å². The second-order valence-corrected chi connectivity index (χ2v) is 6.29. The minimum Gasteiger partial charge on any atom is -0.457 e. The monoisotopic (exact) mass is 301 g/mol. The zero-order chi connectivity index (χ0) is 15.2. The van der Waals surface area contributed by atoms with Gasteiger partial charge in [-0.25, -0.2) is 0 Å². The Morgan fingerprint density at radius 2 is 1.81 bits per heavy atom. The van der Waals surface area contributed by atoms with Crippen molar-refractivity contribution in [1.29, 1.82) is 0 Å². The van der Waals surface area contributed by atoms with Gasteiger partial charge in [0.05, 0.1) is 0 Å². The van der Waals surface area contributed by atoms with E-state index in [9.17, 15) is 0 Å². The lowest BCUT2D eigenvalue weighted by molar-refractivity contribution is 0.477. The molecule has 0 amide bonds. The van der Waals surface area contributed by atoms with Gasteiger partial charge in [-0.1, -0.05) is 26.0 Å². The molecule has 2 nitrogen and oxygen atoms in total. The van der Waals surface area contributed by atoms with Crippen LogP contribution in [0.25, 0.3) is 0 Å². The topological polar surface area (TPSA) is 21.3 Å². The normalized spacial score (nSPS) is 10.9. The van der Waals surface area contributed by atoms with Gasteiger partial charge < -0.3 is 10.1 Å². The molecule has 0 fully saturated rings. The number of hydrogen-bond acceptors (Lipinski definition) is 3. The second kappa shape index (κ2) is 7.53. The molecule has 0 saturated carbocycles. The zero-order valence-corrected chi connectivity index (χ0v) is 14.0. The van der Waals surface area contributed by atoms with Crippen molar-refractivity contribution in [2.24, 2.45) is 0 Å². The summed E-state index contributed by atoms with van der Waals surface area (Å²) in [6, 6.07) is 15.1. The predicted molar refractivity (Wildman–Crippen MR) is 91.5 cm³/mol. The van der Waals surface area contributed by atoms with Crippen LogP contribution < -0.4 is 10.1 Å². The van der Waals surface area contributed by atoms with E-state index in [-0.39, 0.29) is 0 Å². The van der Waals surface area contributed by atoms with Gasteiger partial charge in [-0.3, -0.25) is 0 Å². The van der Waals surface area contributed by atoms with Crippen LogP contribution in [0.4, 0.5) is 0 Å². The van der Waals surface area contributed by atoms with E-state index in [1.165, 1.54) is 10.5 Å². The Labute approximate surface area is 131 Å². The fraction of sp³-hybridized carbons (Fsp3) is 0.333. The molecule has 2 rings (SSSR count). The van der Waals surface area contributed by atoms with E-state index in [1.807, 2.05) is 12.1 Å². The summed E-state index contributed by atoms with van der Waals surface area (Å²) < 4.78 is 6.02. The summed E-state index contributed by atoms with van der Waals surface area (Å²) in [6.07, 6.45) is 2.07. The van der Waals surface area contributed by atoms with Gasteiger partial charge in [-0.2, -0.15) is 0 Å². The molecular weight excluding hydrogens is 278 g/mol. The first-order chi connectivity index (χ1) is 10.1. The first-order valence-corrected chi connectivity index (χ1v) is 8.46. The summed E-state index contributed by atoms with van der Waals surface area (Å²) in [4.78, 5) is 1.24. The number of aryl methyl sites for hydroxylation is 1. The summed E-state index contributed by atoms with van der Waals surface area (Å²) in [5, 5.41) is 3.43. The summed E-state index contributed by atoms with van der Waals surface area (Å²) in [5.41, 5.74) is 2.39. The molecule has 0 aliphatic rings. The highest BCUT2D eigenvalue weighted by Crippen LogP contribution is 2.27. The Morgan fingerprint density at radius 1 is 1.10 bits per heavy atom. The summed E-state index contributed by atoms with van der Waals surface area (Å²) in [5.74, 6) is 1.81. The summed E-state index contributed by atoms with van der Waals surface area (Å²) in [6.45, 7) is 7.24. The van der Waals surface area contributed by atoms with Gasteiger partial charge in [0.1, 0.15) is 11.5 Å². The maximum atomic E-state index is 6.02. The smallest absolute Gasteiger partial charge is 0.130 e. The quantitative estimate of drug-likeness (QED) is 0.758. The Balaban J connectivity index is 2.12. The molecule has 0 spiro atoms. The fourth-order valence-corrected chi connectivity index (χ4v) is 2.37. The van der Waals surface area contributed by atoms with Crippen LogP contribution in [0.5, 0.6) is 11.5 Å². The van der Waals surface area contributed by atoms with Crippen LogP contribution >= 0.6 is 11.8 Å². The number of hydrogen-bond donors (Lipinski definition) is 1. The molecule has 0 bridgehead atoms. The largest absolute Gasteiger partial charge is 0.457 e. The lowest BCUT2D eigenvalue weighted by atomic mass is 10.1. The van der Waals surface area contributed by atoms with Crippen molar-refractivity contribution in [2.75, 3.05) is 6.26 Å². The van der Waals surface area contributed by atoms with E-state index < -0.39 is 0 Å². The molecule has 21 heavy (non-hydrogen) atoms. The molecule has 3 heteroatoms. The molecule has 0 saturated heterocycles. The van der Waals surface area contributed by atoms with Crippen molar-refractivity contribution in [1.82, 2.24) is 5.32 Å². The first-order valence-electron chi connectivity index (χ1n) is 7.23. The Hall–Kier alpha value is -1.45. The van der Waals surface area contributed by atoms with Gasteiger partial charge in [-0.15, -0.1) is 11.8 Å². The second-order valence-electron chi connectivity index (χ2n) is 5.41. The molecule has 0 radical (unpaired) electrons. The van der Waals surface area contributed by atoms with Crippen molar-refractivity contribution in [3.63, 3.8) is 0 Å². The molecule has 2 aromatic rings. The average molecular weight is 301 g/mol. The van der Waals surface area contributed by atoms with Crippen LogP contribution in [0, 0.1) is 6.92 Å². The number of nitrogens with one attached hydrogen (secondary N) is 1. The van der Waals surface area contributed by atoms with Gasteiger partial charge in [0.15, 0.2) is 0 Å². The maximum Gasteiger partial charge on any atom is 0.130 e. The lowest BCUT2D eigenvalue weighted by Gasteiger charge is -2.13. The standard InChI is InChI=1S/C18H23NOS/c1-13(2)19-12-15-6-5-14(3)18(11-15)20-16-7-9-17(21-4)10-8-16/h5-11,13,19H,12H2,1-4H3. The average Bonchev–Trinajstić information content (AvgIpc) is 2.48. The summed E-state index contributed by atoms with van der Waals surface area (Å²) >= 11 is 1.73. The maximum absolute atomic E-state index is 6.02. The van der Waals surface area contributed by atoms with Gasteiger partial charge in [0.2, 0.25) is 0 Å². The van der Waals surface area contributed by atoms with Crippen LogP contribution in [0.3, 0.4) is 0 Å². The molecular formula is C18H23NOS. The molecule has 0 atom stereocenters. The molecule has 0 heterocycles. The molecule has 1 N–H and O–H groups in total. The highest BCUT2D eigenvalue weighted by molar-refractivity contribution is 7.98. The van der Waals surface area contributed by atoms with Crippen molar-refractivity contribution in [3.05, 3.63) is 53.6 Å². The molecule has 0 aliphatic heterocycles. The van der Waals surface area contributed by atoms with E-state index in [1.54, 1.807) is 11.8 Å². The Bertz CT molecular complexity index is 578. The number of thioether (sulfide) groups is 1. The number of ether oxygens (including phenoxy) is 1. The highest BCUT2D eigenvalue weighted by atomic mass is 32.2. The van der Waals surface area contributed by atoms with E-state index in [0.29, 0.717) is 6.04 Å². The molecule has 2 aromatic carbocycles. The third-order valence-electron chi connectivity index (χ3n) is 3.25. The zero-order valence-electron chi connectivity index (χ0n) is 13.1. The van der Waals surface area contributed by atoms with Crippen LogP contribution in [0.1, 0.15) is 25.0 Å². The number of rotatable bonds is 6. The summed E-state index contributed by atoms with van der Waals surface area (Å²) in [7, 11) is 0. The van der Waals surface area contributed by atoms with Crippen LogP contribution in [-0.4, -0.2) is 12.3 Å². The van der Waals surface area contributed by atoms with Crippen LogP contribution in [0.15, 0.2) is 47.4 Å². The highest BCUT2D eigenvalue weighted by Gasteiger charge is 2.04. The third kappa shape index (κ3) is 4.80. The van der Waals surface area contributed by atoms with Crippen molar-refractivity contribution in [3.8, 4) is 11.5 Å². The van der Waals surface area contributed by atoms with Crippen LogP contribution in [0.2, 0.25) is 0 Å². The first kappa shape index (κ1) is 15.9. The van der Waals surface area contributed by atoms with E-state index in [4.69, 9.17) is 4.74 Å². The van der Waals surface area contributed by atoms with Crippen molar-refractivity contribution < 1.29 is 4.74 Å². The Kier molecular flexibility index (Phi) is 5.71. The minimum atomic E-state index is 0.481. The van der Waals surface area contributed by atoms with Gasteiger partial charge >= 0.3 is 0 Å². The molecule has 0 aromatic heterocycles. The molecule has 0 aliphatic carbocycles. The molecule has 112 valence electrons. The third-order valence-corrected chi connectivity index (χ3v) is 4.00. The van der Waals surface area contributed by atoms with Gasteiger partial charge in [0.25, 0.3) is 0 Å². The Morgan fingerprint density at radius 3 is 2.43 bits per heavy atom. The van der Waals surface area contributed by atoms with E-state index in [0.717, 1.165) is 23.6 Å². The van der Waals surface area contributed by atoms with Gasteiger partial charge in [0, 0.05) is 17.5 Å². The fourth-order valence-electron chi connectivity index (χ4n) is 1.96. The SMILES string of the molecule is CSc1ccc(Oc2cc(CNC(C)C)ccc2C)cc1.